The van der Waals surface area contributed by atoms with Crippen molar-refractivity contribution in [3.8, 4) is 0 Å². The zero-order valence-electron chi connectivity index (χ0n) is 60.8. The van der Waals surface area contributed by atoms with Crippen molar-refractivity contribution in [2.24, 2.45) is 0 Å². The first-order chi connectivity index (χ1) is 48.3. The molecule has 6 N–H and O–H groups in total. The molecule has 4 aliphatic rings. The Morgan fingerprint density at radius 2 is 0.961 bits per heavy atom. The Balaban J connectivity index is 0.000000241. The summed E-state index contributed by atoms with van der Waals surface area (Å²) in [7, 11) is 0. The average molecular weight is 1400 g/mol. The van der Waals surface area contributed by atoms with Crippen LogP contribution in [0.25, 0.3) is 22.1 Å². The van der Waals surface area contributed by atoms with Gasteiger partial charge in [0, 0.05) is 127 Å². The van der Waals surface area contributed by atoms with Crippen LogP contribution in [0.1, 0.15) is 179 Å². The van der Waals surface area contributed by atoms with Crippen molar-refractivity contribution in [2.45, 2.75) is 210 Å². The van der Waals surface area contributed by atoms with Crippen LogP contribution in [0.5, 0.6) is 0 Å². The number of aromatic amines is 2. The first-order valence-corrected chi connectivity index (χ1v) is 36.9. The number of nitrogens with zero attached hydrogens (tertiary/aromatic N) is 12. The number of carbonyl (C=O) groups excluding carboxylic acids is 2. The summed E-state index contributed by atoms with van der Waals surface area (Å²) in [6.07, 6.45) is 13.5. The molecule has 2 saturated carbocycles. The second-order valence-corrected chi connectivity index (χ2v) is 29.7. The Morgan fingerprint density at radius 3 is 1.44 bits per heavy atom. The normalized spacial score (nSPS) is 15.8. The number of H-pyrrole nitrogens is 2. The van der Waals surface area contributed by atoms with Crippen LogP contribution in [-0.4, -0.2) is 173 Å². The van der Waals surface area contributed by atoms with Crippen LogP contribution in [0.3, 0.4) is 0 Å². The number of carbonyl (C=O) groups is 2. The minimum absolute atomic E-state index is 0. The van der Waals surface area contributed by atoms with Gasteiger partial charge in [-0.05, 0) is 154 Å². The molecular weight excluding hydrogens is 1280 g/mol. The van der Waals surface area contributed by atoms with Gasteiger partial charge < -0.3 is 60.3 Å². The van der Waals surface area contributed by atoms with Gasteiger partial charge >= 0.3 is 12.2 Å². The highest BCUT2D eigenvalue weighted by Gasteiger charge is 2.31. The molecule has 552 valence electrons. The summed E-state index contributed by atoms with van der Waals surface area (Å²) in [6, 6.07) is 38.5. The third-order valence-corrected chi connectivity index (χ3v) is 19.0. The lowest BCUT2D eigenvalue weighted by molar-refractivity contribution is 0.00968. The molecule has 0 spiro atoms. The van der Waals surface area contributed by atoms with Crippen molar-refractivity contribution in [1.29, 1.82) is 0 Å². The van der Waals surface area contributed by atoms with E-state index in [1.54, 1.807) is 4.90 Å². The van der Waals surface area contributed by atoms with Gasteiger partial charge in [-0.2, -0.15) is 9.97 Å². The quantitative estimate of drug-likeness (QED) is 0.0277. The topological polar surface area (TPSA) is 229 Å². The number of benzene rings is 4. The molecular formula is C80H118N18O4. The van der Waals surface area contributed by atoms with Gasteiger partial charge in [0.05, 0.1) is 35.2 Å². The zero-order chi connectivity index (χ0) is 69.9. The summed E-state index contributed by atoms with van der Waals surface area (Å²) in [5, 5.41) is 14.2. The van der Waals surface area contributed by atoms with Gasteiger partial charge in [0.25, 0.3) is 0 Å². The van der Waals surface area contributed by atoms with Crippen LogP contribution in [0.15, 0.2) is 109 Å². The summed E-state index contributed by atoms with van der Waals surface area (Å²) in [6.45, 7) is 30.1. The molecule has 2 saturated heterocycles. The number of nitrogens with one attached hydrogen (secondary N) is 6. The van der Waals surface area contributed by atoms with E-state index in [1.807, 2.05) is 90.6 Å². The van der Waals surface area contributed by atoms with Crippen LogP contribution in [-0.2, 0) is 48.7 Å². The second kappa shape index (κ2) is 37.7. The number of amides is 2. The van der Waals surface area contributed by atoms with E-state index in [0.717, 1.165) is 185 Å². The van der Waals surface area contributed by atoms with Gasteiger partial charge in [-0.3, -0.25) is 9.80 Å². The summed E-state index contributed by atoms with van der Waals surface area (Å²) in [5.41, 5.74) is 9.52. The Morgan fingerprint density at radius 1 is 0.510 bits per heavy atom. The maximum Gasteiger partial charge on any atom is 0.410 e. The lowest BCUT2D eigenvalue weighted by Crippen LogP contribution is -2.46. The predicted molar refractivity (Wildman–Crippen MR) is 414 cm³/mol. The minimum atomic E-state index is -0.627. The molecule has 4 fully saturated rings. The molecule has 22 nitrogen and oxygen atoms in total. The molecule has 6 heterocycles. The SMILES string of the molecule is C.C.Cc1cc(N2CCN(Cc3nc4ccccc4[nH]3)CC2)nc(NCc2ccc(CN(CCCN(C(=O)OC(C)(C)C)C3CCCCC3)C(=O)OC(C)(C)C)cc2)n1.Cc1cc(N2CCN(Cc3nc4ccccc4[nH]3)CC2)nc(NCc2ccc(CNCCCNC3CCCCC3)cc2)n1. The highest BCUT2D eigenvalue weighted by molar-refractivity contribution is 5.75. The highest BCUT2D eigenvalue weighted by Crippen LogP contribution is 2.27. The van der Waals surface area contributed by atoms with Crippen molar-refractivity contribution in [1.82, 2.24) is 70.1 Å². The Kier molecular flexibility index (Phi) is 28.7. The van der Waals surface area contributed by atoms with Gasteiger partial charge in [0.2, 0.25) is 11.9 Å². The van der Waals surface area contributed by atoms with Crippen molar-refractivity contribution in [3.63, 3.8) is 0 Å². The van der Waals surface area contributed by atoms with Crippen LogP contribution in [0.2, 0.25) is 0 Å². The molecule has 8 aromatic rings. The number of hydrogen-bond donors (Lipinski definition) is 6. The largest absolute Gasteiger partial charge is 0.444 e. The fourth-order valence-corrected chi connectivity index (χ4v) is 13.7. The maximum atomic E-state index is 13.4. The number of aromatic nitrogens is 8. The number of anilines is 4. The fourth-order valence-electron chi connectivity index (χ4n) is 13.7. The summed E-state index contributed by atoms with van der Waals surface area (Å²) < 4.78 is 11.6. The molecule has 4 aromatic heterocycles. The minimum Gasteiger partial charge on any atom is -0.444 e. The van der Waals surface area contributed by atoms with Crippen molar-refractivity contribution in [2.75, 3.05) is 99.0 Å². The second-order valence-electron chi connectivity index (χ2n) is 29.7. The Bertz CT molecular complexity index is 3770. The van der Waals surface area contributed by atoms with Crippen molar-refractivity contribution in [3.05, 3.63) is 154 Å². The lowest BCUT2D eigenvalue weighted by atomic mass is 9.94. The zero-order valence-corrected chi connectivity index (χ0v) is 60.8. The standard InChI is InChI=1S/C44H63N9O4.C34H47N9.2CH4/c1-32-28-39(51-26-24-50(25-27-51)31-38-47-36-16-11-12-17-37(36)48-38)49-40(46-32)45-29-33-18-20-34(21-19-33)30-52(41(54)56-43(2,3)4)22-13-23-53(35-14-9-8-10-15-35)42(55)57-44(5,6)7;1-26-22-33(43-20-18-42(19-21-43)25-32-39-30-10-5-6-11-31(30)40-32)41-34(38-26)37-24-28-14-12-27(13-15-28)23-35-16-7-17-36-29-8-3-2-4-9-29;;/h11-12,16-21,28,35H,8-10,13-15,22-27,29-31H2,1-7H3,(H,47,48)(H,45,46,49);5-6,10-15,22,29,35-36H,2-4,7-9,16-21,23-25H2,1H3,(H,39,40)(H,37,38,41);2*1H4. The van der Waals surface area contributed by atoms with Gasteiger partial charge in [0.15, 0.2) is 0 Å². The number of imidazole rings is 2. The Labute approximate surface area is 607 Å². The van der Waals surface area contributed by atoms with E-state index < -0.39 is 11.2 Å². The third-order valence-electron chi connectivity index (χ3n) is 19.0. The molecule has 12 rings (SSSR count). The number of fused-ring (bicyclic) bond motifs is 2. The van der Waals surface area contributed by atoms with Crippen LogP contribution >= 0.6 is 0 Å². The van der Waals surface area contributed by atoms with E-state index in [4.69, 9.17) is 29.4 Å². The molecule has 102 heavy (non-hydrogen) atoms. The van der Waals surface area contributed by atoms with Crippen LogP contribution in [0, 0.1) is 13.8 Å². The number of aryl methyl sites for hydroxylation is 2. The fraction of sp³-hybridized carbons (Fsp3) is 0.550. The smallest absolute Gasteiger partial charge is 0.410 e. The molecule has 2 amide bonds. The maximum absolute atomic E-state index is 13.4. The number of hydrogen-bond acceptors (Lipinski definition) is 18. The van der Waals surface area contributed by atoms with Gasteiger partial charge in [-0.1, -0.05) is 126 Å². The van der Waals surface area contributed by atoms with E-state index >= 15 is 0 Å². The number of para-hydroxylation sites is 4. The molecule has 2 aliphatic heterocycles. The monoisotopic (exact) mass is 1390 g/mol. The predicted octanol–water partition coefficient (Wildman–Crippen LogP) is 14.6. The molecule has 22 heteroatoms. The highest BCUT2D eigenvalue weighted by atomic mass is 16.6. The number of ether oxygens (including phenoxy) is 2. The van der Waals surface area contributed by atoms with Gasteiger partial charge in [0.1, 0.15) is 34.5 Å². The van der Waals surface area contributed by atoms with Crippen molar-refractivity contribution >= 4 is 57.8 Å². The van der Waals surface area contributed by atoms with Gasteiger partial charge in [-0.25, -0.2) is 29.5 Å². The molecule has 0 bridgehead atoms. The summed E-state index contributed by atoms with van der Waals surface area (Å²) in [4.78, 5) is 75.5. The first-order valence-electron chi connectivity index (χ1n) is 36.9. The van der Waals surface area contributed by atoms with Crippen LogP contribution in [0.4, 0.5) is 33.1 Å². The first kappa shape index (κ1) is 77.7. The van der Waals surface area contributed by atoms with E-state index in [1.165, 1.54) is 56.1 Å². The molecule has 2 aliphatic carbocycles. The molecule has 0 unspecified atom stereocenters. The Hall–Kier alpha value is -8.44. The lowest BCUT2D eigenvalue weighted by Gasteiger charge is -2.36. The summed E-state index contributed by atoms with van der Waals surface area (Å²) in [5.74, 6) is 5.24. The molecule has 4 aromatic carbocycles. The van der Waals surface area contributed by atoms with E-state index in [-0.39, 0.29) is 33.1 Å². The molecule has 0 atom stereocenters. The van der Waals surface area contributed by atoms with E-state index in [9.17, 15) is 9.59 Å². The van der Waals surface area contributed by atoms with Crippen LogP contribution < -0.4 is 31.1 Å². The van der Waals surface area contributed by atoms with Crippen molar-refractivity contribution < 1.29 is 19.1 Å². The number of piperazine rings is 2. The summed E-state index contributed by atoms with van der Waals surface area (Å²) >= 11 is 0. The molecule has 0 radical (unpaired) electrons. The third kappa shape index (κ3) is 24.1. The number of rotatable bonds is 26. The van der Waals surface area contributed by atoms with E-state index in [2.05, 4.69) is 140 Å². The average Bonchev–Trinajstić information content (AvgIpc) is 1.35. The van der Waals surface area contributed by atoms with Gasteiger partial charge in [-0.15, -0.1) is 0 Å². The van der Waals surface area contributed by atoms with E-state index in [0.29, 0.717) is 51.0 Å².